The van der Waals surface area contributed by atoms with Crippen LogP contribution in [-0.4, -0.2) is 25.3 Å². The summed E-state index contributed by atoms with van der Waals surface area (Å²) in [4.78, 5) is 11.4. The third-order valence-corrected chi connectivity index (χ3v) is 2.70. The van der Waals surface area contributed by atoms with Crippen LogP contribution < -0.4 is 10.1 Å². The molecular weight excluding hydrogens is 290 g/mol. The van der Waals surface area contributed by atoms with Gasteiger partial charge in [0.15, 0.2) is 0 Å². The number of amides is 1. The molecule has 0 aliphatic rings. The molecule has 0 aromatic heterocycles. The largest absolute Gasteiger partial charge is 0.496 e. The Labute approximate surface area is 131 Å². The van der Waals surface area contributed by atoms with E-state index in [1.807, 2.05) is 45.1 Å². The molecule has 5 heteroatoms. The van der Waals surface area contributed by atoms with Gasteiger partial charge in [-0.15, -0.1) is 0 Å². The molecular formula is C16H22ClNO3. The summed E-state index contributed by atoms with van der Waals surface area (Å²) in [7, 11) is 1.62. The van der Waals surface area contributed by atoms with Gasteiger partial charge in [0, 0.05) is 17.1 Å². The molecule has 0 aliphatic heterocycles. The van der Waals surface area contributed by atoms with E-state index < -0.39 is 11.7 Å². The Morgan fingerprint density at radius 3 is 2.71 bits per heavy atom. The van der Waals surface area contributed by atoms with Crippen molar-refractivity contribution in [2.75, 3.05) is 13.7 Å². The highest BCUT2D eigenvalue weighted by Gasteiger charge is 2.15. The van der Waals surface area contributed by atoms with Gasteiger partial charge in [-0.2, -0.15) is 0 Å². The summed E-state index contributed by atoms with van der Waals surface area (Å²) in [6, 6.07) is 5.43. The van der Waals surface area contributed by atoms with E-state index in [2.05, 4.69) is 5.32 Å². The zero-order chi connectivity index (χ0) is 15.9. The van der Waals surface area contributed by atoms with Crippen LogP contribution in [0.1, 0.15) is 32.8 Å². The molecule has 0 unspecified atom stereocenters. The molecule has 4 nitrogen and oxygen atoms in total. The average Bonchev–Trinajstić information content (AvgIpc) is 2.36. The predicted molar refractivity (Wildman–Crippen MR) is 85.9 cm³/mol. The van der Waals surface area contributed by atoms with E-state index in [0.29, 0.717) is 18.0 Å². The number of nitrogens with one attached hydrogen (secondary N) is 1. The first-order chi connectivity index (χ1) is 9.81. The van der Waals surface area contributed by atoms with Crippen LogP contribution in [0.3, 0.4) is 0 Å². The van der Waals surface area contributed by atoms with E-state index in [9.17, 15) is 4.79 Å². The monoisotopic (exact) mass is 311 g/mol. The van der Waals surface area contributed by atoms with E-state index in [0.717, 1.165) is 11.3 Å². The van der Waals surface area contributed by atoms with Crippen molar-refractivity contribution in [3.63, 3.8) is 0 Å². The fraction of sp³-hybridized carbons (Fsp3) is 0.438. The standard InChI is InChI=1S/C16H22ClNO3/c1-16(2,3)21-15(19)18-10-6-5-7-12-11-13(17)8-9-14(12)20-4/h5,7-9,11H,6,10H2,1-4H3,(H,18,19). The van der Waals surface area contributed by atoms with E-state index in [4.69, 9.17) is 21.1 Å². The lowest BCUT2D eigenvalue weighted by Crippen LogP contribution is -2.32. The van der Waals surface area contributed by atoms with Gasteiger partial charge in [-0.3, -0.25) is 0 Å². The number of ether oxygens (including phenoxy) is 2. The number of carbonyl (C=O) groups is 1. The molecule has 0 spiro atoms. The van der Waals surface area contributed by atoms with Gasteiger partial charge in [0.2, 0.25) is 0 Å². The summed E-state index contributed by atoms with van der Waals surface area (Å²) >= 11 is 5.95. The number of hydrogen-bond donors (Lipinski definition) is 1. The third-order valence-electron chi connectivity index (χ3n) is 2.47. The summed E-state index contributed by atoms with van der Waals surface area (Å²) < 4.78 is 10.4. The lowest BCUT2D eigenvalue weighted by atomic mass is 10.1. The van der Waals surface area contributed by atoms with E-state index >= 15 is 0 Å². The van der Waals surface area contributed by atoms with Crippen LogP contribution in [-0.2, 0) is 4.74 Å². The van der Waals surface area contributed by atoms with Crippen LogP contribution in [0.25, 0.3) is 6.08 Å². The molecule has 116 valence electrons. The quantitative estimate of drug-likeness (QED) is 0.826. The molecule has 1 amide bonds. The summed E-state index contributed by atoms with van der Waals surface area (Å²) in [6.45, 7) is 6.00. The Hall–Kier alpha value is -1.68. The minimum Gasteiger partial charge on any atom is -0.496 e. The molecule has 0 fully saturated rings. The van der Waals surface area contributed by atoms with Gasteiger partial charge in [0.05, 0.1) is 7.11 Å². The summed E-state index contributed by atoms with van der Waals surface area (Å²) in [6.07, 6.45) is 4.15. The van der Waals surface area contributed by atoms with Gasteiger partial charge in [-0.1, -0.05) is 23.8 Å². The minimum absolute atomic E-state index is 0.406. The lowest BCUT2D eigenvalue weighted by Gasteiger charge is -2.19. The van der Waals surface area contributed by atoms with Gasteiger partial charge >= 0.3 is 6.09 Å². The predicted octanol–water partition coefficient (Wildman–Crippen LogP) is 4.28. The van der Waals surface area contributed by atoms with E-state index in [1.54, 1.807) is 13.2 Å². The number of benzene rings is 1. The zero-order valence-corrected chi connectivity index (χ0v) is 13.7. The maximum absolute atomic E-state index is 11.4. The number of carbonyl (C=O) groups excluding carboxylic acids is 1. The molecule has 1 rings (SSSR count). The van der Waals surface area contributed by atoms with Crippen molar-refractivity contribution in [1.82, 2.24) is 5.32 Å². The molecule has 0 atom stereocenters. The molecule has 1 aromatic rings. The molecule has 0 aliphatic carbocycles. The summed E-state index contributed by atoms with van der Waals surface area (Å²) in [5, 5.41) is 3.35. The third kappa shape index (κ3) is 7.04. The molecule has 1 aromatic carbocycles. The van der Waals surface area contributed by atoms with Crippen molar-refractivity contribution in [2.45, 2.75) is 32.8 Å². The summed E-state index contributed by atoms with van der Waals surface area (Å²) in [5.74, 6) is 0.760. The number of alkyl carbamates (subject to hydrolysis) is 1. The maximum Gasteiger partial charge on any atom is 0.407 e. The van der Waals surface area contributed by atoms with Crippen LogP contribution in [0.15, 0.2) is 24.3 Å². The Morgan fingerprint density at radius 2 is 2.10 bits per heavy atom. The highest BCUT2D eigenvalue weighted by molar-refractivity contribution is 6.30. The normalized spacial score (nSPS) is 11.5. The molecule has 0 bridgehead atoms. The number of methoxy groups -OCH3 is 1. The molecule has 1 N–H and O–H groups in total. The first-order valence-corrected chi connectivity index (χ1v) is 7.16. The van der Waals surface area contributed by atoms with Gasteiger partial charge in [0.1, 0.15) is 11.4 Å². The Balaban J connectivity index is 2.42. The van der Waals surface area contributed by atoms with Crippen molar-refractivity contribution < 1.29 is 14.3 Å². The SMILES string of the molecule is COc1ccc(Cl)cc1C=CCCNC(=O)OC(C)(C)C. The molecule has 0 saturated carbocycles. The molecule has 0 radical (unpaired) electrons. The highest BCUT2D eigenvalue weighted by atomic mass is 35.5. The molecule has 21 heavy (non-hydrogen) atoms. The van der Waals surface area contributed by atoms with Crippen molar-refractivity contribution in [1.29, 1.82) is 0 Å². The number of hydrogen-bond acceptors (Lipinski definition) is 3. The van der Waals surface area contributed by atoms with E-state index in [1.165, 1.54) is 0 Å². The maximum atomic E-state index is 11.4. The summed E-state index contributed by atoms with van der Waals surface area (Å²) in [5.41, 5.74) is 0.427. The Bertz CT molecular complexity index is 507. The van der Waals surface area contributed by atoms with Crippen molar-refractivity contribution in [2.24, 2.45) is 0 Å². The van der Waals surface area contributed by atoms with Crippen molar-refractivity contribution in [3.8, 4) is 5.75 Å². The first-order valence-electron chi connectivity index (χ1n) is 6.79. The fourth-order valence-electron chi connectivity index (χ4n) is 1.62. The molecule has 0 saturated heterocycles. The van der Waals surface area contributed by atoms with Gasteiger partial charge < -0.3 is 14.8 Å². The lowest BCUT2D eigenvalue weighted by molar-refractivity contribution is 0.0529. The Morgan fingerprint density at radius 1 is 1.38 bits per heavy atom. The topological polar surface area (TPSA) is 47.6 Å². The number of rotatable bonds is 5. The first kappa shape index (κ1) is 17.4. The Kier molecular flexibility index (Phi) is 6.56. The van der Waals surface area contributed by atoms with Crippen molar-refractivity contribution in [3.05, 3.63) is 34.9 Å². The van der Waals surface area contributed by atoms with Crippen LogP contribution in [0.5, 0.6) is 5.75 Å². The molecule has 0 heterocycles. The average molecular weight is 312 g/mol. The van der Waals surface area contributed by atoms with Crippen LogP contribution in [0, 0.1) is 0 Å². The second-order valence-electron chi connectivity index (χ2n) is 5.51. The smallest absolute Gasteiger partial charge is 0.407 e. The minimum atomic E-state index is -0.478. The highest BCUT2D eigenvalue weighted by Crippen LogP contribution is 2.23. The second kappa shape index (κ2) is 7.93. The van der Waals surface area contributed by atoms with E-state index in [-0.39, 0.29) is 0 Å². The van der Waals surface area contributed by atoms with Gasteiger partial charge in [-0.05, 0) is 45.4 Å². The van der Waals surface area contributed by atoms with Crippen LogP contribution in [0.2, 0.25) is 5.02 Å². The van der Waals surface area contributed by atoms with Gasteiger partial charge in [-0.25, -0.2) is 4.79 Å². The van der Waals surface area contributed by atoms with Crippen LogP contribution in [0.4, 0.5) is 4.79 Å². The van der Waals surface area contributed by atoms with Crippen molar-refractivity contribution >= 4 is 23.8 Å². The fourth-order valence-corrected chi connectivity index (χ4v) is 1.80. The number of halogens is 1. The zero-order valence-electron chi connectivity index (χ0n) is 12.9. The van der Waals surface area contributed by atoms with Gasteiger partial charge in [0.25, 0.3) is 0 Å². The van der Waals surface area contributed by atoms with Crippen LogP contribution >= 0.6 is 11.6 Å². The second-order valence-corrected chi connectivity index (χ2v) is 5.94.